The molecule has 2 aromatic heterocycles. The van der Waals surface area contributed by atoms with E-state index in [9.17, 15) is 4.79 Å². The molecule has 4 rings (SSSR count). The van der Waals surface area contributed by atoms with Gasteiger partial charge >= 0.3 is 0 Å². The van der Waals surface area contributed by atoms with Gasteiger partial charge in [0.25, 0.3) is 0 Å². The van der Waals surface area contributed by atoms with Crippen LogP contribution in [0.1, 0.15) is 29.8 Å². The predicted octanol–water partition coefficient (Wildman–Crippen LogP) is 3.28. The van der Waals surface area contributed by atoms with Crippen molar-refractivity contribution in [2.45, 2.75) is 32.9 Å². The third-order valence-electron chi connectivity index (χ3n) is 5.40. The number of nitrogens with one attached hydrogen (secondary N) is 2. The van der Waals surface area contributed by atoms with Crippen LogP contribution in [0.15, 0.2) is 36.0 Å². The minimum atomic E-state index is 0.00659. The van der Waals surface area contributed by atoms with Crippen LogP contribution >= 0.6 is 11.3 Å². The second-order valence-corrected chi connectivity index (χ2v) is 8.27. The fourth-order valence-electron chi connectivity index (χ4n) is 4.01. The Morgan fingerprint density at radius 2 is 2.07 bits per heavy atom. The van der Waals surface area contributed by atoms with Gasteiger partial charge in [-0.3, -0.25) is 9.69 Å². The molecule has 6 nitrogen and oxygen atoms in total. The van der Waals surface area contributed by atoms with Crippen molar-refractivity contribution in [3.05, 3.63) is 52.8 Å². The zero-order valence-electron chi connectivity index (χ0n) is 16.4. The minimum absolute atomic E-state index is 0.00659. The molecule has 2 N–H and O–H groups in total. The highest BCUT2D eigenvalue weighted by Crippen LogP contribution is 2.32. The summed E-state index contributed by atoms with van der Waals surface area (Å²) in [5, 5.41) is 9.76. The Labute approximate surface area is 169 Å². The van der Waals surface area contributed by atoms with Gasteiger partial charge in [0, 0.05) is 30.2 Å². The van der Waals surface area contributed by atoms with Crippen LogP contribution in [0.3, 0.4) is 0 Å². The van der Waals surface area contributed by atoms with Crippen molar-refractivity contribution in [3.63, 3.8) is 0 Å². The summed E-state index contributed by atoms with van der Waals surface area (Å²) in [6, 6.07) is 8.34. The fourth-order valence-corrected chi connectivity index (χ4v) is 4.75. The topological polar surface area (TPSA) is 70.2 Å². The number of para-hydroxylation sites is 1. The van der Waals surface area contributed by atoms with Crippen molar-refractivity contribution in [1.29, 1.82) is 0 Å². The number of rotatable bonds is 4. The molecule has 1 saturated heterocycles. The molecule has 1 aliphatic heterocycles. The maximum atomic E-state index is 12.9. The van der Waals surface area contributed by atoms with E-state index in [1.807, 2.05) is 37.4 Å². The standard InChI is InChI=1S/C21H25N5OS/c1-13-5-4-6-14(2)18(13)25-17(27)11-26-9-8-22-15(3)20(26)19-16-7-10-28-21(16)24-12-23-19/h4-7,10,12,15,20,22H,8-9,11H2,1-3H3,(H,25,27). The van der Waals surface area contributed by atoms with E-state index in [1.165, 1.54) is 0 Å². The smallest absolute Gasteiger partial charge is 0.238 e. The Bertz CT molecular complexity index is 981. The quantitative estimate of drug-likeness (QED) is 0.709. The second-order valence-electron chi connectivity index (χ2n) is 7.37. The van der Waals surface area contributed by atoms with Crippen LogP contribution in [0.25, 0.3) is 10.2 Å². The highest BCUT2D eigenvalue weighted by atomic mass is 32.1. The van der Waals surface area contributed by atoms with Crippen LogP contribution in [0.5, 0.6) is 0 Å². The summed E-state index contributed by atoms with van der Waals surface area (Å²) in [4.78, 5) is 25.1. The molecule has 0 radical (unpaired) electrons. The molecular weight excluding hydrogens is 370 g/mol. The van der Waals surface area contributed by atoms with Crippen LogP contribution in [-0.2, 0) is 4.79 Å². The maximum absolute atomic E-state index is 12.9. The number of aryl methyl sites for hydroxylation is 2. The van der Waals surface area contributed by atoms with Crippen molar-refractivity contribution in [2.75, 3.05) is 25.0 Å². The Hall–Kier alpha value is -2.35. The number of carbonyl (C=O) groups excluding carboxylic acids is 1. The average Bonchev–Trinajstić information content (AvgIpc) is 3.14. The lowest BCUT2D eigenvalue weighted by atomic mass is 9.99. The third-order valence-corrected chi connectivity index (χ3v) is 6.22. The van der Waals surface area contributed by atoms with Crippen molar-refractivity contribution >= 4 is 33.1 Å². The Morgan fingerprint density at radius 1 is 1.29 bits per heavy atom. The van der Waals surface area contributed by atoms with E-state index < -0.39 is 0 Å². The maximum Gasteiger partial charge on any atom is 0.238 e. The summed E-state index contributed by atoms with van der Waals surface area (Å²) in [6.45, 7) is 8.18. The minimum Gasteiger partial charge on any atom is -0.324 e. The van der Waals surface area contributed by atoms with Gasteiger partial charge in [-0.05, 0) is 43.3 Å². The first-order valence-electron chi connectivity index (χ1n) is 9.56. The molecule has 0 bridgehead atoms. The third kappa shape index (κ3) is 3.65. The lowest BCUT2D eigenvalue weighted by Crippen LogP contribution is -2.53. The summed E-state index contributed by atoms with van der Waals surface area (Å²) in [6.07, 6.45) is 1.63. The van der Waals surface area contributed by atoms with Crippen molar-refractivity contribution in [2.24, 2.45) is 0 Å². The summed E-state index contributed by atoms with van der Waals surface area (Å²) in [5.41, 5.74) is 4.06. The molecule has 3 heterocycles. The molecule has 0 saturated carbocycles. The predicted molar refractivity (Wildman–Crippen MR) is 114 cm³/mol. The van der Waals surface area contributed by atoms with Crippen LogP contribution in [-0.4, -0.2) is 46.5 Å². The number of thiophene rings is 1. The van der Waals surface area contributed by atoms with E-state index in [0.717, 1.165) is 45.8 Å². The van der Waals surface area contributed by atoms with E-state index in [1.54, 1.807) is 17.7 Å². The normalized spacial score (nSPS) is 20.4. The monoisotopic (exact) mass is 395 g/mol. The molecular formula is C21H25N5OS. The molecule has 146 valence electrons. The van der Waals surface area contributed by atoms with Gasteiger partial charge in [-0.1, -0.05) is 18.2 Å². The first-order valence-corrected chi connectivity index (χ1v) is 10.4. The van der Waals surface area contributed by atoms with Crippen molar-refractivity contribution in [1.82, 2.24) is 20.2 Å². The van der Waals surface area contributed by atoms with Gasteiger partial charge in [0.1, 0.15) is 11.2 Å². The summed E-state index contributed by atoms with van der Waals surface area (Å²) < 4.78 is 0. The van der Waals surface area contributed by atoms with Gasteiger partial charge in [-0.25, -0.2) is 9.97 Å². The number of fused-ring (bicyclic) bond motifs is 1. The molecule has 0 aliphatic carbocycles. The summed E-state index contributed by atoms with van der Waals surface area (Å²) in [5.74, 6) is 0.00659. The van der Waals surface area contributed by atoms with Crippen LogP contribution in [0.4, 0.5) is 5.69 Å². The summed E-state index contributed by atoms with van der Waals surface area (Å²) >= 11 is 1.62. The Balaban J connectivity index is 1.58. The first-order chi connectivity index (χ1) is 13.5. The number of nitrogens with zero attached hydrogens (tertiary/aromatic N) is 3. The number of aromatic nitrogens is 2. The Kier molecular flexibility index (Phi) is 5.39. The highest BCUT2D eigenvalue weighted by Gasteiger charge is 2.33. The zero-order valence-corrected chi connectivity index (χ0v) is 17.2. The van der Waals surface area contributed by atoms with Crippen LogP contribution < -0.4 is 10.6 Å². The van der Waals surface area contributed by atoms with E-state index in [0.29, 0.717) is 6.54 Å². The van der Waals surface area contributed by atoms with Gasteiger partial charge < -0.3 is 10.6 Å². The largest absolute Gasteiger partial charge is 0.324 e. The molecule has 1 aromatic carbocycles. The molecule has 0 spiro atoms. The number of amides is 1. The SMILES string of the molecule is Cc1cccc(C)c1NC(=O)CN1CCNC(C)C1c1ncnc2sccc12. The van der Waals surface area contributed by atoms with Gasteiger partial charge in [-0.2, -0.15) is 0 Å². The average molecular weight is 396 g/mol. The highest BCUT2D eigenvalue weighted by molar-refractivity contribution is 7.16. The molecule has 28 heavy (non-hydrogen) atoms. The lowest BCUT2D eigenvalue weighted by molar-refractivity contribution is -0.118. The number of hydrogen-bond donors (Lipinski definition) is 2. The van der Waals surface area contributed by atoms with Crippen LogP contribution in [0, 0.1) is 13.8 Å². The van der Waals surface area contributed by atoms with E-state index >= 15 is 0 Å². The molecule has 2 unspecified atom stereocenters. The Morgan fingerprint density at radius 3 is 2.86 bits per heavy atom. The second kappa shape index (κ2) is 7.95. The van der Waals surface area contributed by atoms with Crippen LogP contribution in [0.2, 0.25) is 0 Å². The number of piperazine rings is 1. The fraction of sp³-hybridized carbons (Fsp3) is 0.381. The van der Waals surface area contributed by atoms with Crippen molar-refractivity contribution in [3.8, 4) is 0 Å². The number of carbonyl (C=O) groups is 1. The summed E-state index contributed by atoms with van der Waals surface area (Å²) in [7, 11) is 0. The molecule has 2 atom stereocenters. The van der Waals surface area contributed by atoms with Gasteiger partial charge in [0.15, 0.2) is 0 Å². The first kappa shape index (κ1) is 19.0. The van der Waals surface area contributed by atoms with Gasteiger partial charge in [0.05, 0.1) is 18.3 Å². The van der Waals surface area contributed by atoms with Gasteiger partial charge in [-0.15, -0.1) is 11.3 Å². The lowest BCUT2D eigenvalue weighted by Gasteiger charge is -2.40. The van der Waals surface area contributed by atoms with Gasteiger partial charge in [0.2, 0.25) is 5.91 Å². The van der Waals surface area contributed by atoms with E-state index in [2.05, 4.69) is 38.5 Å². The zero-order chi connectivity index (χ0) is 19.7. The molecule has 1 aliphatic rings. The van der Waals surface area contributed by atoms with Crippen molar-refractivity contribution < 1.29 is 4.79 Å². The van der Waals surface area contributed by atoms with E-state index in [4.69, 9.17) is 0 Å². The number of benzene rings is 1. The number of hydrogen-bond acceptors (Lipinski definition) is 6. The number of anilines is 1. The molecule has 1 fully saturated rings. The molecule has 7 heteroatoms. The van der Waals surface area contributed by atoms with E-state index in [-0.39, 0.29) is 18.0 Å². The molecule has 1 amide bonds. The molecule has 3 aromatic rings.